The summed E-state index contributed by atoms with van der Waals surface area (Å²) in [5, 5.41) is 6.97. The molecular weight excluding hydrogens is 574 g/mol. The first kappa shape index (κ1) is 26.7. The first-order valence-corrected chi connectivity index (χ1v) is 12.5. The van der Waals surface area contributed by atoms with E-state index in [1.54, 1.807) is 12.1 Å². The number of rotatable bonds is 6. The van der Waals surface area contributed by atoms with Crippen molar-refractivity contribution < 1.29 is 23.2 Å². The predicted molar refractivity (Wildman–Crippen MR) is 136 cm³/mol. The van der Waals surface area contributed by atoms with E-state index in [1.165, 1.54) is 23.9 Å². The molecule has 0 bridgehead atoms. The monoisotopic (exact) mass is 594 g/mol. The Morgan fingerprint density at radius 2 is 1.86 bits per heavy atom. The molecule has 3 amide bonds. The number of nitrogens with one attached hydrogen (secondary N) is 1. The smallest absolute Gasteiger partial charge is 0.350 e. The van der Waals surface area contributed by atoms with Crippen LogP contribution in [-0.4, -0.2) is 50.5 Å². The molecule has 1 fully saturated rings. The Hall–Kier alpha value is -3.38. The zero-order valence-electron chi connectivity index (χ0n) is 19.6. The number of pyridine rings is 1. The number of likely N-dealkylation sites (tertiary alicyclic amines) is 1. The van der Waals surface area contributed by atoms with Crippen LogP contribution >= 0.6 is 27.5 Å². The lowest BCUT2D eigenvalue weighted by Crippen LogP contribution is -2.44. The number of carbonyl (C=O) groups excluding carboxylic acids is 3. The number of alkyl halides is 2. The zero-order chi connectivity index (χ0) is 26.9. The highest BCUT2D eigenvalue weighted by Gasteiger charge is 2.45. The molecule has 0 spiro atoms. The molecule has 3 aromatic rings. The molecule has 194 valence electrons. The number of primary amides is 1. The van der Waals surface area contributed by atoms with E-state index in [-0.39, 0.29) is 46.4 Å². The number of halogens is 4. The van der Waals surface area contributed by atoms with Crippen molar-refractivity contribution in [2.75, 3.05) is 18.4 Å². The minimum Gasteiger partial charge on any atom is -0.366 e. The van der Waals surface area contributed by atoms with Gasteiger partial charge in [-0.25, -0.2) is 9.67 Å². The quantitative estimate of drug-likeness (QED) is 0.436. The molecule has 3 N–H and O–H groups in total. The van der Waals surface area contributed by atoms with E-state index < -0.39 is 29.2 Å². The second kappa shape index (κ2) is 10.5. The molecule has 13 heteroatoms. The summed E-state index contributed by atoms with van der Waals surface area (Å²) in [6, 6.07) is 6.49. The van der Waals surface area contributed by atoms with Crippen molar-refractivity contribution in [3.63, 3.8) is 0 Å². The van der Waals surface area contributed by atoms with Crippen molar-refractivity contribution in [2.45, 2.75) is 32.1 Å². The van der Waals surface area contributed by atoms with Crippen LogP contribution in [0.25, 0.3) is 5.82 Å². The number of carbonyl (C=O) groups is 3. The van der Waals surface area contributed by atoms with Crippen molar-refractivity contribution in [1.29, 1.82) is 0 Å². The summed E-state index contributed by atoms with van der Waals surface area (Å²) in [5.74, 6) is -6.81. The molecule has 4 rings (SSSR count). The van der Waals surface area contributed by atoms with E-state index >= 15 is 8.78 Å². The molecular formula is C24H22BrClF2N6O3. The second-order valence-electron chi connectivity index (χ2n) is 8.53. The molecule has 37 heavy (non-hydrogen) atoms. The highest BCUT2D eigenvalue weighted by Crippen LogP contribution is 2.35. The first-order chi connectivity index (χ1) is 17.5. The molecule has 1 aliphatic rings. The lowest BCUT2D eigenvalue weighted by molar-refractivity contribution is -0.160. The van der Waals surface area contributed by atoms with Gasteiger partial charge < -0.3 is 16.0 Å². The van der Waals surface area contributed by atoms with Crippen LogP contribution in [0.5, 0.6) is 0 Å². The van der Waals surface area contributed by atoms with Crippen LogP contribution in [0, 0.1) is 6.92 Å². The summed E-state index contributed by atoms with van der Waals surface area (Å²) >= 11 is 9.42. The topological polar surface area (TPSA) is 123 Å². The molecule has 0 radical (unpaired) electrons. The summed E-state index contributed by atoms with van der Waals surface area (Å²) in [7, 11) is 0. The third-order valence-electron chi connectivity index (χ3n) is 5.97. The molecule has 0 saturated carbocycles. The summed E-state index contributed by atoms with van der Waals surface area (Å²) < 4.78 is 32.0. The molecule has 1 saturated heterocycles. The number of piperidine rings is 1. The molecule has 0 aliphatic carbocycles. The van der Waals surface area contributed by atoms with Crippen molar-refractivity contribution in [3.8, 4) is 5.82 Å². The molecule has 2 aromatic heterocycles. The van der Waals surface area contributed by atoms with E-state index in [0.717, 1.165) is 23.5 Å². The summed E-state index contributed by atoms with van der Waals surface area (Å²) in [5.41, 5.74) is 4.49. The Kier molecular flexibility index (Phi) is 7.60. The number of aromatic nitrogens is 3. The van der Waals surface area contributed by atoms with Gasteiger partial charge in [-0.2, -0.15) is 13.9 Å². The van der Waals surface area contributed by atoms with Crippen molar-refractivity contribution in [1.82, 2.24) is 19.7 Å². The number of anilines is 1. The fourth-order valence-electron chi connectivity index (χ4n) is 4.13. The molecule has 0 unspecified atom stereocenters. The SMILES string of the molecule is Cc1cc(C(F)(F)C(=O)N2CCCCC2)cc(C(N)=O)c1NC(=O)c1cc(Br)nn1-c1ncccc1Cl. The third kappa shape index (κ3) is 5.35. The number of hydrogen-bond acceptors (Lipinski definition) is 5. The van der Waals surface area contributed by atoms with Crippen LogP contribution in [-0.2, 0) is 10.7 Å². The van der Waals surface area contributed by atoms with Crippen LogP contribution in [0.1, 0.15) is 51.2 Å². The van der Waals surface area contributed by atoms with Gasteiger partial charge in [0.1, 0.15) is 10.3 Å². The van der Waals surface area contributed by atoms with Gasteiger partial charge in [-0.1, -0.05) is 11.6 Å². The molecule has 1 aliphatic heterocycles. The summed E-state index contributed by atoms with van der Waals surface area (Å²) in [4.78, 5) is 43.4. The fraction of sp³-hybridized carbons (Fsp3) is 0.292. The Labute approximate surface area is 224 Å². The number of aryl methyl sites for hydroxylation is 1. The number of amides is 3. The average molecular weight is 596 g/mol. The van der Waals surface area contributed by atoms with Gasteiger partial charge in [0.25, 0.3) is 17.7 Å². The maximum absolute atomic E-state index is 15.2. The number of benzene rings is 1. The number of hydrogen-bond donors (Lipinski definition) is 2. The Balaban J connectivity index is 1.69. The molecule has 0 atom stereocenters. The van der Waals surface area contributed by atoms with Gasteiger partial charge in [0, 0.05) is 30.9 Å². The van der Waals surface area contributed by atoms with E-state index in [2.05, 4.69) is 31.3 Å². The Morgan fingerprint density at radius 1 is 1.16 bits per heavy atom. The van der Waals surface area contributed by atoms with Crippen LogP contribution < -0.4 is 11.1 Å². The molecule has 3 heterocycles. The summed E-state index contributed by atoms with van der Waals surface area (Å²) in [6.07, 6.45) is 3.64. The van der Waals surface area contributed by atoms with Crippen molar-refractivity contribution in [3.05, 3.63) is 68.5 Å². The lowest BCUT2D eigenvalue weighted by atomic mass is 9.97. The van der Waals surface area contributed by atoms with E-state index in [9.17, 15) is 14.4 Å². The fourth-order valence-corrected chi connectivity index (χ4v) is 4.71. The van der Waals surface area contributed by atoms with Gasteiger partial charge in [0.15, 0.2) is 5.82 Å². The zero-order valence-corrected chi connectivity index (χ0v) is 21.9. The van der Waals surface area contributed by atoms with Crippen LogP contribution in [0.4, 0.5) is 14.5 Å². The van der Waals surface area contributed by atoms with E-state index in [0.29, 0.717) is 17.4 Å². The lowest BCUT2D eigenvalue weighted by Gasteiger charge is -2.30. The minimum atomic E-state index is -3.88. The Bertz CT molecular complexity index is 1390. The summed E-state index contributed by atoms with van der Waals surface area (Å²) in [6.45, 7) is 1.91. The minimum absolute atomic E-state index is 0.00280. The highest BCUT2D eigenvalue weighted by atomic mass is 79.9. The molecule has 9 nitrogen and oxygen atoms in total. The number of nitrogens with zero attached hydrogens (tertiary/aromatic N) is 4. The van der Waals surface area contributed by atoms with Gasteiger partial charge in [-0.15, -0.1) is 0 Å². The van der Waals surface area contributed by atoms with Gasteiger partial charge in [-0.3, -0.25) is 14.4 Å². The first-order valence-electron chi connectivity index (χ1n) is 11.3. The predicted octanol–water partition coefficient (Wildman–Crippen LogP) is 4.45. The van der Waals surface area contributed by atoms with Gasteiger partial charge >= 0.3 is 5.92 Å². The number of nitrogens with two attached hydrogens (primary N) is 1. The largest absolute Gasteiger partial charge is 0.366 e. The van der Waals surface area contributed by atoms with Crippen LogP contribution in [0.15, 0.2) is 41.1 Å². The average Bonchev–Trinajstić information content (AvgIpc) is 3.26. The van der Waals surface area contributed by atoms with Crippen molar-refractivity contribution in [2.24, 2.45) is 5.73 Å². The normalized spacial score (nSPS) is 13.9. The van der Waals surface area contributed by atoms with E-state index in [4.69, 9.17) is 17.3 Å². The third-order valence-corrected chi connectivity index (χ3v) is 6.65. The van der Waals surface area contributed by atoms with Gasteiger partial charge in [-0.05, 0) is 71.9 Å². The van der Waals surface area contributed by atoms with Crippen molar-refractivity contribution >= 4 is 50.9 Å². The van der Waals surface area contributed by atoms with Gasteiger partial charge in [0.2, 0.25) is 0 Å². The van der Waals surface area contributed by atoms with Crippen LogP contribution in [0.2, 0.25) is 5.02 Å². The second-order valence-corrected chi connectivity index (χ2v) is 9.75. The van der Waals surface area contributed by atoms with Gasteiger partial charge in [0.05, 0.1) is 16.3 Å². The van der Waals surface area contributed by atoms with Crippen LogP contribution in [0.3, 0.4) is 0 Å². The maximum Gasteiger partial charge on any atom is 0.350 e. The molecule has 1 aromatic carbocycles. The highest BCUT2D eigenvalue weighted by molar-refractivity contribution is 9.10. The standard InChI is InChI=1S/C24H22BrClF2N6O3/c1-13-10-14(24(27,28)23(37)33-8-3-2-4-9-33)11-15(20(29)35)19(13)31-22(36)17-12-18(25)32-34(17)21-16(26)6-5-7-30-21/h5-7,10-12H,2-4,8-9H2,1H3,(H2,29,35)(H,31,36). The Morgan fingerprint density at radius 3 is 2.51 bits per heavy atom. The maximum atomic E-state index is 15.2. The van der Waals surface area contributed by atoms with E-state index in [1.807, 2.05) is 0 Å².